The van der Waals surface area contributed by atoms with Gasteiger partial charge in [0.05, 0.1) is 37.9 Å². The van der Waals surface area contributed by atoms with Crippen LogP contribution in [-0.2, 0) is 28.8 Å². The van der Waals surface area contributed by atoms with E-state index in [0.717, 1.165) is 22.3 Å². The van der Waals surface area contributed by atoms with E-state index in [2.05, 4.69) is 31.9 Å². The zero-order chi connectivity index (χ0) is 44.0. The Bertz CT molecular complexity index is 1960. The summed E-state index contributed by atoms with van der Waals surface area (Å²) in [6, 6.07) is 7.60. The van der Waals surface area contributed by atoms with Crippen molar-refractivity contribution in [2.75, 3.05) is 46.9 Å². The van der Waals surface area contributed by atoms with Gasteiger partial charge in [0, 0.05) is 48.2 Å². The average molecular weight is 845 g/mol. The second kappa shape index (κ2) is 20.1. The lowest BCUT2D eigenvalue weighted by molar-refractivity contribution is -0.142. The summed E-state index contributed by atoms with van der Waals surface area (Å²) in [6.07, 6.45) is 3.48. The van der Waals surface area contributed by atoms with E-state index in [0.29, 0.717) is 76.3 Å². The second-order valence-electron chi connectivity index (χ2n) is 17.3. The van der Waals surface area contributed by atoms with Crippen LogP contribution in [0.2, 0.25) is 0 Å². The molecule has 6 N–H and O–H groups in total. The van der Waals surface area contributed by atoms with Gasteiger partial charge in [-0.1, -0.05) is 64.1 Å². The lowest BCUT2D eigenvalue weighted by Crippen LogP contribution is -2.57. The van der Waals surface area contributed by atoms with Crippen molar-refractivity contribution in [3.05, 3.63) is 47.5 Å². The number of likely N-dealkylation sites (N-methyl/N-ethyl adjacent to an activating group) is 2. The minimum atomic E-state index is -0.761. The summed E-state index contributed by atoms with van der Waals surface area (Å²) in [5.74, 6) is -0.644. The standard InChI is InChI=1S/C45H64N8O8/c1-25(2)37(50-36(54)24-46-6)44(58)52-20-10-16-34(52)42(56)48-32-18-22-60-39-28(12-8-14-30(32)39)29-13-9-15-31-33(19-23-61-40(29)31)49-43(57)35-17-11-21-53(35)45(59)38(26(3)4)51-41(55)27(5)47-7/h8-9,12-15,25-27,32-35,37-38,46-47H,10-11,16-24H2,1-7H3,(H,48,56)(H,49,57)(H,50,54)(H,51,55)/t27-,32+,33+,34-,35-,37?,38-/m0/s1. The number of ether oxygens (including phenoxy) is 2. The number of hydrogen-bond donors (Lipinski definition) is 6. The predicted molar refractivity (Wildman–Crippen MR) is 229 cm³/mol. The number of fused-ring (bicyclic) bond motifs is 2. The van der Waals surface area contributed by atoms with Crippen molar-refractivity contribution in [2.45, 2.75) is 115 Å². The van der Waals surface area contributed by atoms with Crippen molar-refractivity contribution in [1.82, 2.24) is 41.7 Å². The van der Waals surface area contributed by atoms with Crippen LogP contribution in [0, 0.1) is 11.8 Å². The van der Waals surface area contributed by atoms with E-state index in [-0.39, 0.29) is 65.9 Å². The molecule has 0 bridgehead atoms. The molecule has 2 aromatic rings. The number of hydrogen-bond acceptors (Lipinski definition) is 10. The number of para-hydroxylation sites is 2. The van der Waals surface area contributed by atoms with E-state index in [1.165, 1.54) is 0 Å². The minimum absolute atomic E-state index is 0.0867. The van der Waals surface area contributed by atoms with Gasteiger partial charge in [0.2, 0.25) is 35.4 Å². The Hall–Kier alpha value is -5.22. The van der Waals surface area contributed by atoms with Crippen molar-refractivity contribution < 1.29 is 38.2 Å². The molecule has 2 saturated heterocycles. The molecule has 2 aromatic carbocycles. The quantitative estimate of drug-likeness (QED) is 0.155. The summed E-state index contributed by atoms with van der Waals surface area (Å²) >= 11 is 0. The van der Waals surface area contributed by atoms with E-state index in [9.17, 15) is 28.8 Å². The molecule has 7 atom stereocenters. The Morgan fingerprint density at radius 2 is 1.11 bits per heavy atom. The van der Waals surface area contributed by atoms with Crippen molar-refractivity contribution >= 4 is 35.4 Å². The summed E-state index contributed by atoms with van der Waals surface area (Å²) in [4.78, 5) is 84.0. The number of benzene rings is 2. The lowest BCUT2D eigenvalue weighted by atomic mass is 9.90. The van der Waals surface area contributed by atoms with Gasteiger partial charge < -0.3 is 51.2 Å². The Morgan fingerprint density at radius 1 is 0.656 bits per heavy atom. The van der Waals surface area contributed by atoms with Crippen molar-refractivity contribution in [1.29, 1.82) is 0 Å². The molecular formula is C45H64N8O8. The zero-order valence-corrected chi connectivity index (χ0v) is 36.6. The highest BCUT2D eigenvalue weighted by Crippen LogP contribution is 2.46. The Balaban J connectivity index is 1.18. The van der Waals surface area contributed by atoms with Gasteiger partial charge in [-0.3, -0.25) is 28.8 Å². The molecule has 0 aliphatic carbocycles. The normalized spacial score (nSPS) is 22.2. The highest BCUT2D eigenvalue weighted by atomic mass is 16.5. The van der Waals surface area contributed by atoms with Gasteiger partial charge in [0.25, 0.3) is 0 Å². The largest absolute Gasteiger partial charge is 0.492 e. The molecule has 0 aromatic heterocycles. The van der Waals surface area contributed by atoms with E-state index < -0.39 is 30.2 Å². The number of carbonyl (C=O) groups excluding carboxylic acids is 6. The van der Waals surface area contributed by atoms with Gasteiger partial charge in [0.15, 0.2) is 0 Å². The Morgan fingerprint density at radius 3 is 1.54 bits per heavy atom. The molecule has 4 heterocycles. The maximum atomic E-state index is 14.0. The van der Waals surface area contributed by atoms with Crippen LogP contribution in [0.25, 0.3) is 11.1 Å². The van der Waals surface area contributed by atoms with Crippen LogP contribution in [0.15, 0.2) is 36.4 Å². The first kappa shape index (κ1) is 45.3. The second-order valence-corrected chi connectivity index (χ2v) is 17.3. The van der Waals surface area contributed by atoms with Crippen molar-refractivity contribution in [3.63, 3.8) is 0 Å². The summed E-state index contributed by atoms with van der Waals surface area (Å²) < 4.78 is 12.7. The van der Waals surface area contributed by atoms with E-state index in [4.69, 9.17) is 9.47 Å². The first-order chi connectivity index (χ1) is 29.2. The first-order valence-electron chi connectivity index (χ1n) is 21.9. The fourth-order valence-corrected chi connectivity index (χ4v) is 8.89. The van der Waals surface area contributed by atoms with Crippen LogP contribution >= 0.6 is 0 Å². The predicted octanol–water partition coefficient (Wildman–Crippen LogP) is 2.32. The molecular weight excluding hydrogens is 781 g/mol. The molecule has 2 fully saturated rings. The topological polar surface area (TPSA) is 200 Å². The third-order valence-electron chi connectivity index (χ3n) is 12.4. The van der Waals surface area contributed by atoms with Gasteiger partial charge in [-0.2, -0.15) is 0 Å². The van der Waals surface area contributed by atoms with E-state index in [1.54, 1.807) is 30.8 Å². The summed E-state index contributed by atoms with van der Waals surface area (Å²) in [5.41, 5.74) is 3.20. The van der Waals surface area contributed by atoms with E-state index in [1.807, 2.05) is 64.1 Å². The number of likely N-dealkylation sites (tertiary alicyclic amines) is 2. The molecule has 4 aliphatic rings. The van der Waals surface area contributed by atoms with E-state index >= 15 is 0 Å². The highest BCUT2D eigenvalue weighted by molar-refractivity contribution is 5.95. The first-order valence-corrected chi connectivity index (χ1v) is 21.9. The minimum Gasteiger partial charge on any atom is -0.492 e. The molecule has 0 saturated carbocycles. The van der Waals surface area contributed by atoms with Crippen molar-refractivity contribution in [2.24, 2.45) is 11.8 Å². The number of carbonyl (C=O) groups is 6. The zero-order valence-electron chi connectivity index (χ0n) is 36.6. The van der Waals surface area contributed by atoms with Crippen LogP contribution in [0.1, 0.15) is 96.4 Å². The van der Waals surface area contributed by atoms with Crippen LogP contribution in [0.5, 0.6) is 11.5 Å². The summed E-state index contributed by atoms with van der Waals surface area (Å²) in [6.45, 7) is 10.9. The molecule has 4 aliphatic heterocycles. The molecule has 16 heteroatoms. The lowest BCUT2D eigenvalue weighted by Gasteiger charge is -2.34. The highest BCUT2D eigenvalue weighted by Gasteiger charge is 2.42. The number of rotatable bonds is 15. The van der Waals surface area contributed by atoms with Gasteiger partial charge in [-0.25, -0.2) is 0 Å². The molecule has 6 rings (SSSR count). The SMILES string of the molecule is CNCC(=O)NC(C(=O)N1CCC[C@H]1C(=O)N[C@@H]1CCOc2c(-c3cccc4c3OCC[C@H]4NC(=O)[C@@H]3CCCN3C(=O)[C@@H](NC(=O)[C@H](C)NC)C(C)C)cccc21)C(C)C. The summed E-state index contributed by atoms with van der Waals surface area (Å²) in [5, 5.41) is 17.9. The van der Waals surface area contributed by atoms with Crippen LogP contribution in [-0.4, -0.2) is 122 Å². The van der Waals surface area contributed by atoms with Crippen molar-refractivity contribution in [3.8, 4) is 22.6 Å². The molecule has 16 nitrogen and oxygen atoms in total. The third-order valence-corrected chi connectivity index (χ3v) is 12.4. The van der Waals surface area contributed by atoms with Gasteiger partial charge in [-0.15, -0.1) is 0 Å². The van der Waals surface area contributed by atoms with Gasteiger partial charge in [-0.05, 0) is 58.5 Å². The molecule has 61 heavy (non-hydrogen) atoms. The molecule has 0 spiro atoms. The Labute approximate surface area is 359 Å². The number of amides is 6. The molecule has 332 valence electrons. The molecule has 0 radical (unpaired) electrons. The van der Waals surface area contributed by atoms with Gasteiger partial charge in [0.1, 0.15) is 35.7 Å². The monoisotopic (exact) mass is 844 g/mol. The van der Waals surface area contributed by atoms with Crippen LogP contribution in [0.4, 0.5) is 0 Å². The summed E-state index contributed by atoms with van der Waals surface area (Å²) in [7, 11) is 3.35. The molecule has 6 amide bonds. The maximum absolute atomic E-state index is 14.0. The number of nitrogens with zero attached hydrogens (tertiary/aromatic N) is 2. The van der Waals surface area contributed by atoms with Crippen LogP contribution in [0.3, 0.4) is 0 Å². The fraction of sp³-hybridized carbons (Fsp3) is 0.600. The van der Waals surface area contributed by atoms with Gasteiger partial charge >= 0.3 is 0 Å². The fourth-order valence-electron chi connectivity index (χ4n) is 8.89. The molecule has 1 unspecified atom stereocenters. The maximum Gasteiger partial charge on any atom is 0.246 e. The Kier molecular flexibility index (Phi) is 14.9. The smallest absolute Gasteiger partial charge is 0.246 e. The number of nitrogens with one attached hydrogen (secondary N) is 6. The van der Waals surface area contributed by atoms with Crippen LogP contribution < -0.4 is 41.4 Å². The average Bonchev–Trinajstić information content (AvgIpc) is 3.95. The third kappa shape index (κ3) is 9.96.